The maximum absolute atomic E-state index is 15.2. The van der Waals surface area contributed by atoms with Crippen molar-refractivity contribution in [2.75, 3.05) is 20.8 Å². The van der Waals surface area contributed by atoms with E-state index in [0.717, 1.165) is 17.3 Å². The van der Waals surface area contributed by atoms with E-state index in [1.165, 1.54) is 21.1 Å². The summed E-state index contributed by atoms with van der Waals surface area (Å²) in [4.78, 5) is 41.8. The van der Waals surface area contributed by atoms with E-state index in [-0.39, 0.29) is 13.0 Å². The second-order valence-electron chi connectivity index (χ2n) is 13.7. The molecule has 5 fully saturated rings. The van der Waals surface area contributed by atoms with E-state index < -0.39 is 94.4 Å². The first-order valence-corrected chi connectivity index (χ1v) is 18.4. The summed E-state index contributed by atoms with van der Waals surface area (Å²) >= 11 is 1.01. The number of aliphatic hydroxyl groups is 3. The number of fused-ring (bicyclic) bond motifs is 2. The van der Waals surface area contributed by atoms with E-state index in [1.54, 1.807) is 0 Å². The van der Waals surface area contributed by atoms with Gasteiger partial charge < -0.3 is 44.3 Å². The number of nitrogens with one attached hydrogen (secondary N) is 1. The van der Waals surface area contributed by atoms with Gasteiger partial charge in [0.1, 0.15) is 29.3 Å². The lowest BCUT2D eigenvalue weighted by molar-refractivity contribution is -0.276. The fourth-order valence-corrected chi connectivity index (χ4v) is 10.3. The summed E-state index contributed by atoms with van der Waals surface area (Å²) in [5.74, 6) is -8.10. The molecule has 5 aliphatic rings. The number of Topliss-reactive ketones (excluding diaryl/α,β-unsaturated/α-hetero) is 1. The highest BCUT2D eigenvalue weighted by molar-refractivity contribution is 8.00. The van der Waals surface area contributed by atoms with Gasteiger partial charge in [-0.15, -0.1) is 11.8 Å². The van der Waals surface area contributed by atoms with Crippen molar-refractivity contribution < 1.29 is 58.1 Å². The van der Waals surface area contributed by atoms with E-state index in [2.05, 4.69) is 5.32 Å². The number of ether oxygens (including phenoxy) is 6. The zero-order chi connectivity index (χ0) is 37.5. The molecule has 53 heavy (non-hydrogen) atoms. The number of hydrogen-bond donors (Lipinski definition) is 4. The normalized spacial score (nSPS) is 35.7. The zero-order valence-corrected chi connectivity index (χ0v) is 30.2. The number of carbonyl (C=O) groups excluding carboxylic acids is 3. The third kappa shape index (κ3) is 6.10. The topological polar surface area (TPSA) is 179 Å². The molecule has 3 saturated carbocycles. The van der Waals surface area contributed by atoms with E-state index in [0.29, 0.717) is 11.1 Å². The van der Waals surface area contributed by atoms with Gasteiger partial charge in [-0.05, 0) is 5.56 Å². The van der Waals surface area contributed by atoms with Crippen molar-refractivity contribution in [3.05, 3.63) is 108 Å². The van der Waals surface area contributed by atoms with Gasteiger partial charge in [-0.25, -0.2) is 0 Å². The summed E-state index contributed by atoms with van der Waals surface area (Å²) < 4.78 is 38.7. The molecule has 0 unspecified atom stereocenters. The number of carbonyl (C=O) groups is 3. The molecule has 282 valence electrons. The van der Waals surface area contributed by atoms with Crippen molar-refractivity contribution in [1.29, 1.82) is 0 Å². The summed E-state index contributed by atoms with van der Waals surface area (Å²) in [6, 6.07) is 26.4. The Labute approximate surface area is 310 Å². The Hall–Kier alpha value is -3.70. The molecule has 8 rings (SSSR count). The molecule has 1 spiro atoms. The van der Waals surface area contributed by atoms with Gasteiger partial charge in [-0.2, -0.15) is 0 Å². The van der Waals surface area contributed by atoms with E-state index in [4.69, 9.17) is 28.4 Å². The van der Waals surface area contributed by atoms with Crippen molar-refractivity contribution in [2.24, 2.45) is 11.8 Å². The summed E-state index contributed by atoms with van der Waals surface area (Å²) in [6.07, 6.45) is -5.23. The second kappa shape index (κ2) is 14.9. The first kappa shape index (κ1) is 37.6. The first-order chi connectivity index (χ1) is 25.6. The quantitative estimate of drug-likeness (QED) is 0.210. The maximum atomic E-state index is 15.2. The van der Waals surface area contributed by atoms with Crippen LogP contribution in [0.15, 0.2) is 91.0 Å². The predicted octanol–water partition coefficient (Wildman–Crippen LogP) is 2.04. The Kier molecular flexibility index (Phi) is 10.5. The van der Waals surface area contributed by atoms with Crippen LogP contribution in [-0.4, -0.2) is 106 Å². The standard InChI is InChI=1S/C39H43NO12S/c1-22(42)40-30-32(44)31(43)27(20-41)50-36(30)53-34-29(35(46)47-2)28-26(49-21-23-13-7-4-8-14-23)19-37(34)39(48-3,33(28)45)52-38(51-37,24-15-9-5-10-16-24)25-17-11-6-12-18-25/h4-18,26-32,34,36,41,43-44H,19-21H2,1-3H3,(H,40,42)/t26-,27-,28+,29+,30-,31-,32-,34-,36+,37+,39+/m1/s1. The van der Waals surface area contributed by atoms with Gasteiger partial charge >= 0.3 is 5.97 Å². The number of amides is 1. The molecule has 3 aromatic carbocycles. The zero-order valence-electron chi connectivity index (χ0n) is 29.4. The van der Waals surface area contributed by atoms with E-state index >= 15 is 4.79 Å². The van der Waals surface area contributed by atoms with Gasteiger partial charge in [0.15, 0.2) is 0 Å². The van der Waals surface area contributed by atoms with Crippen LogP contribution >= 0.6 is 11.8 Å². The van der Waals surface area contributed by atoms with Crippen molar-refractivity contribution in [1.82, 2.24) is 5.32 Å². The highest BCUT2D eigenvalue weighted by Crippen LogP contribution is 2.67. The molecule has 2 heterocycles. The molecular weight excluding hydrogens is 706 g/mol. The minimum absolute atomic E-state index is 0.00277. The maximum Gasteiger partial charge on any atom is 0.310 e. The van der Waals surface area contributed by atoms with Crippen LogP contribution in [0.3, 0.4) is 0 Å². The SMILES string of the molecule is COC(=O)[C@H]1[C@H]2C(=O)[C@]3(OC)OC(c4ccccc4)(c4ccccc4)O[C@@]3(C[C@H]2OCc2ccccc2)[C@@H]1S[C@@H]1O[C@H](CO)[C@@H](O)[C@H](O)[C@H]1NC(C)=O. The molecule has 2 saturated heterocycles. The third-order valence-corrected chi connectivity index (χ3v) is 12.4. The summed E-state index contributed by atoms with van der Waals surface area (Å²) in [6.45, 7) is 0.726. The number of hydrogen-bond acceptors (Lipinski definition) is 13. The van der Waals surface area contributed by atoms with Crippen molar-refractivity contribution in [2.45, 2.75) is 78.3 Å². The van der Waals surface area contributed by atoms with Gasteiger partial charge in [0.05, 0.1) is 49.6 Å². The lowest BCUT2D eigenvalue weighted by Crippen LogP contribution is -2.79. The Morgan fingerprint density at radius 2 is 1.51 bits per heavy atom. The summed E-state index contributed by atoms with van der Waals surface area (Å²) in [5, 5.41) is 33.8. The molecule has 4 N–H and O–H groups in total. The monoisotopic (exact) mass is 749 g/mol. The van der Waals surface area contributed by atoms with Crippen LogP contribution in [0.25, 0.3) is 0 Å². The summed E-state index contributed by atoms with van der Waals surface area (Å²) in [5.41, 5.74) is -1.05. The smallest absolute Gasteiger partial charge is 0.310 e. The second-order valence-corrected chi connectivity index (χ2v) is 15.0. The van der Waals surface area contributed by atoms with Gasteiger partial charge in [0.2, 0.25) is 17.5 Å². The van der Waals surface area contributed by atoms with Crippen LogP contribution in [0.2, 0.25) is 0 Å². The highest BCUT2D eigenvalue weighted by Gasteiger charge is 2.84. The molecule has 2 aliphatic heterocycles. The Morgan fingerprint density at radius 3 is 2.06 bits per heavy atom. The Balaban J connectivity index is 1.42. The van der Waals surface area contributed by atoms with Gasteiger partial charge in [0, 0.05) is 31.6 Å². The van der Waals surface area contributed by atoms with Crippen LogP contribution in [0, 0.1) is 11.8 Å². The Bertz CT molecular complexity index is 1750. The molecule has 0 radical (unpaired) electrons. The minimum Gasteiger partial charge on any atom is -0.469 e. The molecule has 3 aliphatic carbocycles. The number of esters is 1. The molecular formula is C39H43NO12S. The highest BCUT2D eigenvalue weighted by atomic mass is 32.2. The van der Waals surface area contributed by atoms with E-state index in [9.17, 15) is 24.9 Å². The van der Waals surface area contributed by atoms with Crippen molar-refractivity contribution >= 4 is 29.4 Å². The fourth-order valence-electron chi connectivity index (χ4n) is 8.42. The van der Waals surface area contributed by atoms with Crippen LogP contribution in [0.1, 0.15) is 30.0 Å². The summed E-state index contributed by atoms with van der Waals surface area (Å²) in [7, 11) is 2.57. The molecule has 13 nitrogen and oxygen atoms in total. The van der Waals surface area contributed by atoms with Crippen LogP contribution in [0.5, 0.6) is 0 Å². The molecule has 14 heteroatoms. The van der Waals surface area contributed by atoms with Crippen LogP contribution in [-0.2, 0) is 55.2 Å². The van der Waals surface area contributed by atoms with Gasteiger partial charge in [-0.1, -0.05) is 91.0 Å². The fraction of sp³-hybridized carbons (Fsp3) is 0.462. The van der Waals surface area contributed by atoms with Crippen molar-refractivity contribution in [3.8, 4) is 0 Å². The molecule has 1 amide bonds. The van der Waals surface area contributed by atoms with Crippen molar-refractivity contribution in [3.63, 3.8) is 0 Å². The minimum atomic E-state index is -2.12. The third-order valence-electron chi connectivity index (χ3n) is 10.8. The average Bonchev–Trinajstić information content (AvgIpc) is 3.51. The lowest BCUT2D eigenvalue weighted by Gasteiger charge is -2.60. The molecule has 0 aromatic heterocycles. The molecule has 3 aromatic rings. The lowest BCUT2D eigenvalue weighted by atomic mass is 9.56. The number of aliphatic hydroxyl groups excluding tert-OH is 3. The molecule has 11 atom stereocenters. The number of rotatable bonds is 11. The van der Waals surface area contributed by atoms with Crippen LogP contribution in [0.4, 0.5) is 0 Å². The van der Waals surface area contributed by atoms with Crippen LogP contribution < -0.4 is 5.32 Å². The van der Waals surface area contributed by atoms with Gasteiger partial charge in [-0.3, -0.25) is 19.1 Å². The predicted molar refractivity (Wildman–Crippen MR) is 189 cm³/mol. The van der Waals surface area contributed by atoms with E-state index in [1.807, 2.05) is 91.0 Å². The number of thioether (sulfide) groups is 1. The molecule has 2 bridgehead atoms. The number of methoxy groups -OCH3 is 2. The largest absolute Gasteiger partial charge is 0.469 e. The average molecular weight is 750 g/mol. The number of benzene rings is 3. The Morgan fingerprint density at radius 1 is 0.906 bits per heavy atom. The first-order valence-electron chi connectivity index (χ1n) is 17.4. The number of ketones is 1. The van der Waals surface area contributed by atoms with Gasteiger partial charge in [0.25, 0.3) is 5.79 Å².